The van der Waals surface area contributed by atoms with Gasteiger partial charge in [-0.2, -0.15) is 0 Å². The van der Waals surface area contributed by atoms with Crippen LogP contribution in [-0.2, 0) is 10.2 Å². The highest BCUT2D eigenvalue weighted by atomic mass is 16.5. The molecule has 0 fully saturated rings. The van der Waals surface area contributed by atoms with Gasteiger partial charge >= 0.3 is 0 Å². The molecule has 0 unspecified atom stereocenters. The van der Waals surface area contributed by atoms with Crippen molar-refractivity contribution in [2.24, 2.45) is 0 Å². The third-order valence-electron chi connectivity index (χ3n) is 1.19. The van der Waals surface area contributed by atoms with E-state index >= 15 is 0 Å². The number of hydrogen-bond donors (Lipinski definition) is 0. The Morgan fingerprint density at radius 3 is 2.64 bits per heavy atom. The molecule has 0 heterocycles. The summed E-state index contributed by atoms with van der Waals surface area (Å²) in [5.74, 6) is 0.0734. The molecule has 1 aromatic carbocycles. The SMILES string of the molecule is [O]CCOc1ccccc1[O]. The lowest BCUT2D eigenvalue weighted by Gasteiger charge is -2.02. The van der Waals surface area contributed by atoms with Gasteiger partial charge in [0.25, 0.3) is 0 Å². The van der Waals surface area contributed by atoms with Crippen molar-refractivity contribution in [3.8, 4) is 11.5 Å². The molecule has 11 heavy (non-hydrogen) atoms. The highest BCUT2D eigenvalue weighted by molar-refractivity contribution is 5.37. The number of para-hydroxylation sites is 2. The van der Waals surface area contributed by atoms with E-state index in [9.17, 15) is 10.2 Å². The predicted octanol–water partition coefficient (Wildman–Crippen LogP) is 1.64. The van der Waals surface area contributed by atoms with Crippen LogP contribution in [-0.4, -0.2) is 13.2 Å². The Bertz CT molecular complexity index is 222. The van der Waals surface area contributed by atoms with Crippen molar-refractivity contribution < 1.29 is 14.9 Å². The average Bonchev–Trinajstić information content (AvgIpc) is 2.03. The molecule has 0 spiro atoms. The minimum Gasteiger partial charge on any atom is -0.487 e. The maximum atomic E-state index is 10.9. The lowest BCUT2D eigenvalue weighted by molar-refractivity contribution is 0.135. The van der Waals surface area contributed by atoms with E-state index in [1.54, 1.807) is 18.2 Å². The minimum atomic E-state index is -0.325. The third kappa shape index (κ3) is 2.13. The molecule has 0 saturated heterocycles. The van der Waals surface area contributed by atoms with Crippen LogP contribution >= 0.6 is 0 Å². The number of rotatable bonds is 3. The molecule has 0 aliphatic heterocycles. The fourth-order valence-corrected chi connectivity index (χ4v) is 0.721. The monoisotopic (exact) mass is 152 g/mol. The predicted molar refractivity (Wildman–Crippen MR) is 37.6 cm³/mol. The first-order chi connectivity index (χ1) is 5.34. The molecule has 58 valence electrons. The molecular formula is C8H8O3. The number of benzene rings is 1. The Morgan fingerprint density at radius 2 is 2.00 bits per heavy atom. The summed E-state index contributed by atoms with van der Waals surface area (Å²) in [6.07, 6.45) is 0. The van der Waals surface area contributed by atoms with Crippen LogP contribution in [0.2, 0.25) is 0 Å². The van der Waals surface area contributed by atoms with Crippen LogP contribution in [0.3, 0.4) is 0 Å². The Labute approximate surface area is 64.9 Å². The Morgan fingerprint density at radius 1 is 1.27 bits per heavy atom. The molecule has 1 rings (SSSR count). The van der Waals surface area contributed by atoms with Gasteiger partial charge in [0.1, 0.15) is 13.2 Å². The first kappa shape index (κ1) is 7.88. The second kappa shape index (κ2) is 3.83. The van der Waals surface area contributed by atoms with Crippen LogP contribution in [0, 0.1) is 0 Å². The average molecular weight is 152 g/mol. The first-order valence-corrected chi connectivity index (χ1v) is 3.31. The molecule has 0 aromatic heterocycles. The molecule has 2 radical (unpaired) electrons. The van der Waals surface area contributed by atoms with E-state index in [0.29, 0.717) is 0 Å². The van der Waals surface area contributed by atoms with Gasteiger partial charge in [-0.15, -0.1) is 0 Å². The van der Waals surface area contributed by atoms with Crippen LogP contribution < -0.4 is 4.74 Å². The smallest absolute Gasteiger partial charge is 0.220 e. The van der Waals surface area contributed by atoms with Gasteiger partial charge in [-0.25, -0.2) is 5.11 Å². The van der Waals surface area contributed by atoms with Gasteiger partial charge < -0.3 is 4.74 Å². The van der Waals surface area contributed by atoms with Crippen LogP contribution in [0.1, 0.15) is 0 Å². The van der Waals surface area contributed by atoms with Crippen LogP contribution in [0.4, 0.5) is 0 Å². The van der Waals surface area contributed by atoms with Crippen molar-refractivity contribution in [1.82, 2.24) is 0 Å². The van der Waals surface area contributed by atoms with Gasteiger partial charge in [0.15, 0.2) is 5.75 Å². The molecular weight excluding hydrogens is 144 g/mol. The van der Waals surface area contributed by atoms with E-state index in [-0.39, 0.29) is 24.7 Å². The van der Waals surface area contributed by atoms with Crippen molar-refractivity contribution in [2.75, 3.05) is 13.2 Å². The zero-order valence-corrected chi connectivity index (χ0v) is 5.95. The third-order valence-corrected chi connectivity index (χ3v) is 1.19. The van der Waals surface area contributed by atoms with E-state index in [4.69, 9.17) is 4.74 Å². The fraction of sp³-hybridized carbons (Fsp3) is 0.250. The summed E-state index contributed by atoms with van der Waals surface area (Å²) >= 11 is 0. The number of ether oxygens (including phenoxy) is 1. The van der Waals surface area contributed by atoms with Crippen molar-refractivity contribution in [3.63, 3.8) is 0 Å². The van der Waals surface area contributed by atoms with Gasteiger partial charge in [0, 0.05) is 0 Å². The summed E-state index contributed by atoms with van der Waals surface area (Å²) in [4.78, 5) is 0. The van der Waals surface area contributed by atoms with E-state index in [1.165, 1.54) is 6.07 Å². The topological polar surface area (TPSA) is 49.0 Å². The highest BCUT2D eigenvalue weighted by Crippen LogP contribution is 2.24. The van der Waals surface area contributed by atoms with E-state index in [2.05, 4.69) is 0 Å². The summed E-state index contributed by atoms with van der Waals surface area (Å²) in [6, 6.07) is 6.28. The second-order valence-corrected chi connectivity index (χ2v) is 2.00. The zero-order valence-electron chi connectivity index (χ0n) is 5.95. The maximum absolute atomic E-state index is 10.9. The lowest BCUT2D eigenvalue weighted by atomic mass is 10.3. The van der Waals surface area contributed by atoms with E-state index < -0.39 is 0 Å². The lowest BCUT2D eigenvalue weighted by Crippen LogP contribution is -2.00. The Hall–Kier alpha value is -1.22. The van der Waals surface area contributed by atoms with Crippen molar-refractivity contribution in [2.45, 2.75) is 0 Å². The molecule has 0 aliphatic rings. The molecule has 0 saturated carbocycles. The maximum Gasteiger partial charge on any atom is 0.220 e. The van der Waals surface area contributed by atoms with Crippen LogP contribution in [0.15, 0.2) is 24.3 Å². The minimum absolute atomic E-state index is 0.0548. The molecule has 3 heteroatoms. The van der Waals surface area contributed by atoms with Crippen molar-refractivity contribution in [1.29, 1.82) is 0 Å². The summed E-state index contributed by atoms with van der Waals surface area (Å²) < 4.78 is 4.86. The van der Waals surface area contributed by atoms with Gasteiger partial charge in [-0.3, -0.25) is 5.11 Å². The highest BCUT2D eigenvalue weighted by Gasteiger charge is 2.00. The van der Waals surface area contributed by atoms with Gasteiger partial charge in [0.05, 0.1) is 0 Å². The van der Waals surface area contributed by atoms with Gasteiger partial charge in [0.2, 0.25) is 5.75 Å². The Kier molecular flexibility index (Phi) is 2.74. The summed E-state index contributed by atoms with van der Waals surface area (Å²) in [6.45, 7) is -0.270. The molecule has 0 amide bonds. The first-order valence-electron chi connectivity index (χ1n) is 3.31. The molecule has 3 nitrogen and oxygen atoms in total. The standard InChI is InChI=1S/C8H8O3/c9-5-6-11-8-4-2-1-3-7(8)10/h1-4H,5-6H2. The van der Waals surface area contributed by atoms with Gasteiger partial charge in [-0.1, -0.05) is 12.1 Å². The molecule has 0 bridgehead atoms. The summed E-state index contributed by atoms with van der Waals surface area (Å²) in [7, 11) is 0. The Balaban J connectivity index is 2.62. The molecule has 0 N–H and O–H groups in total. The number of hydrogen-bond acceptors (Lipinski definition) is 1. The molecule has 0 aliphatic carbocycles. The molecule has 1 aromatic rings. The summed E-state index contributed by atoms with van der Waals surface area (Å²) in [5, 5.41) is 20.9. The van der Waals surface area contributed by atoms with Crippen molar-refractivity contribution in [3.05, 3.63) is 24.3 Å². The fourth-order valence-electron chi connectivity index (χ4n) is 0.721. The van der Waals surface area contributed by atoms with Crippen molar-refractivity contribution >= 4 is 0 Å². The zero-order chi connectivity index (χ0) is 8.10. The van der Waals surface area contributed by atoms with Crippen LogP contribution in [0.25, 0.3) is 0 Å². The van der Waals surface area contributed by atoms with E-state index in [1.807, 2.05) is 0 Å². The van der Waals surface area contributed by atoms with E-state index in [0.717, 1.165) is 0 Å². The largest absolute Gasteiger partial charge is 0.487 e. The normalized spacial score (nSPS) is 9.55. The quantitative estimate of drug-likeness (QED) is 0.649. The second-order valence-electron chi connectivity index (χ2n) is 2.00. The van der Waals surface area contributed by atoms with Crippen LogP contribution in [0.5, 0.6) is 11.5 Å². The summed E-state index contributed by atoms with van der Waals surface area (Å²) in [5.41, 5.74) is 0. The molecule has 0 atom stereocenters. The van der Waals surface area contributed by atoms with Gasteiger partial charge in [-0.05, 0) is 12.1 Å².